The van der Waals surface area contributed by atoms with Crippen molar-refractivity contribution in [2.24, 2.45) is 9.98 Å². The molecule has 0 fully saturated rings. The van der Waals surface area contributed by atoms with Crippen molar-refractivity contribution < 1.29 is 0 Å². The summed E-state index contributed by atoms with van der Waals surface area (Å²) < 4.78 is 0. The molecule has 3 heteroatoms. The summed E-state index contributed by atoms with van der Waals surface area (Å²) in [5.74, 6) is 1.91. The fourth-order valence-corrected chi connectivity index (χ4v) is 0.588. The minimum Gasteiger partial charge on any atom is -0.333 e. The van der Waals surface area contributed by atoms with Crippen LogP contribution < -0.4 is 5.32 Å². The van der Waals surface area contributed by atoms with Crippen molar-refractivity contribution in [3.05, 3.63) is 0 Å². The molecule has 0 saturated heterocycles. The third-order valence-corrected chi connectivity index (χ3v) is 0.978. The molecule has 0 aromatic heterocycles. The van der Waals surface area contributed by atoms with Crippen LogP contribution >= 0.6 is 0 Å². The first-order valence-electron chi connectivity index (χ1n) is 2.58. The lowest BCUT2D eigenvalue weighted by atomic mass is 10.5. The lowest BCUT2D eigenvalue weighted by Crippen LogP contribution is -2.29. The van der Waals surface area contributed by atoms with Gasteiger partial charge in [0, 0.05) is 0 Å². The first-order valence-corrected chi connectivity index (χ1v) is 2.58. The second-order valence-corrected chi connectivity index (χ2v) is 1.75. The predicted molar refractivity (Wildman–Crippen MR) is 34.2 cm³/mol. The fraction of sp³-hybridized carbons (Fsp3) is 0.600. The minimum absolute atomic E-state index is 0.588. The van der Waals surface area contributed by atoms with E-state index < -0.39 is 0 Å². The number of amidine groups is 2. The fourth-order valence-electron chi connectivity index (χ4n) is 0.588. The van der Waals surface area contributed by atoms with Crippen LogP contribution in [-0.4, -0.2) is 18.3 Å². The smallest absolute Gasteiger partial charge is 0.133 e. The van der Waals surface area contributed by atoms with Crippen LogP contribution in [0.3, 0.4) is 0 Å². The molecule has 0 aromatic carbocycles. The van der Waals surface area contributed by atoms with Gasteiger partial charge in [0.2, 0.25) is 0 Å². The van der Waals surface area contributed by atoms with E-state index in [1.165, 1.54) is 0 Å². The van der Waals surface area contributed by atoms with E-state index in [1.807, 2.05) is 13.8 Å². The molecular weight excluding hydrogens is 102 g/mol. The van der Waals surface area contributed by atoms with Gasteiger partial charge in [-0.25, -0.2) is 9.98 Å². The summed E-state index contributed by atoms with van der Waals surface area (Å²) in [5, 5.41) is 2.98. The van der Waals surface area contributed by atoms with Gasteiger partial charge in [-0.1, -0.05) is 0 Å². The van der Waals surface area contributed by atoms with E-state index in [4.69, 9.17) is 0 Å². The molecule has 1 heterocycles. The standard InChI is InChI=1S/C5H9N3/c1-4-6-3-7-5(2)8-4/h3H2,1-2H3,(H,6,7,8). The van der Waals surface area contributed by atoms with Crippen LogP contribution in [0.5, 0.6) is 0 Å². The lowest BCUT2D eigenvalue weighted by Gasteiger charge is -2.07. The van der Waals surface area contributed by atoms with E-state index in [9.17, 15) is 0 Å². The second kappa shape index (κ2) is 1.94. The molecular formula is C5H9N3. The average Bonchev–Trinajstić information content (AvgIpc) is 1.64. The lowest BCUT2D eigenvalue weighted by molar-refractivity contribution is 0.993. The largest absolute Gasteiger partial charge is 0.333 e. The van der Waals surface area contributed by atoms with Gasteiger partial charge in [-0.15, -0.1) is 0 Å². The minimum atomic E-state index is 0.588. The van der Waals surface area contributed by atoms with E-state index in [0.717, 1.165) is 11.7 Å². The van der Waals surface area contributed by atoms with Gasteiger partial charge in [0.1, 0.15) is 18.3 Å². The molecule has 3 nitrogen and oxygen atoms in total. The third-order valence-electron chi connectivity index (χ3n) is 0.978. The van der Waals surface area contributed by atoms with E-state index >= 15 is 0 Å². The molecule has 0 saturated carbocycles. The highest BCUT2D eigenvalue weighted by Crippen LogP contribution is 1.84. The number of hydrogen-bond donors (Lipinski definition) is 1. The van der Waals surface area contributed by atoms with Gasteiger partial charge >= 0.3 is 0 Å². The summed E-state index contributed by atoms with van der Waals surface area (Å²) in [6.45, 7) is 4.45. The molecule has 0 atom stereocenters. The Hall–Kier alpha value is -0.860. The summed E-state index contributed by atoms with van der Waals surface area (Å²) in [5.41, 5.74) is 0. The molecule has 1 aliphatic rings. The average molecular weight is 111 g/mol. The van der Waals surface area contributed by atoms with Gasteiger partial charge < -0.3 is 5.32 Å². The Labute approximate surface area is 48.5 Å². The van der Waals surface area contributed by atoms with E-state index in [0.29, 0.717) is 6.67 Å². The molecule has 0 spiro atoms. The quantitative estimate of drug-likeness (QED) is 0.482. The Morgan fingerprint density at radius 3 is 2.00 bits per heavy atom. The molecule has 1 rings (SSSR count). The van der Waals surface area contributed by atoms with Crippen LogP contribution in [0, 0.1) is 0 Å². The van der Waals surface area contributed by atoms with Crippen LogP contribution in [0.4, 0.5) is 0 Å². The SMILES string of the molecule is CC1=NCN=C(C)N1. The summed E-state index contributed by atoms with van der Waals surface area (Å²) in [7, 11) is 0. The zero-order valence-electron chi connectivity index (χ0n) is 5.10. The second-order valence-electron chi connectivity index (χ2n) is 1.75. The topological polar surface area (TPSA) is 36.8 Å². The summed E-state index contributed by atoms with van der Waals surface area (Å²) in [6, 6.07) is 0. The first-order chi connectivity index (χ1) is 3.79. The highest BCUT2D eigenvalue weighted by Gasteiger charge is 1.95. The molecule has 0 aliphatic carbocycles. The van der Waals surface area contributed by atoms with Crippen LogP contribution in [0.15, 0.2) is 9.98 Å². The van der Waals surface area contributed by atoms with E-state index in [-0.39, 0.29) is 0 Å². The Bertz CT molecular complexity index is 130. The summed E-state index contributed by atoms with van der Waals surface area (Å²) in [6.07, 6.45) is 0. The molecule has 0 unspecified atom stereocenters. The Kier molecular flexibility index (Phi) is 1.28. The number of nitrogens with zero attached hydrogens (tertiary/aromatic N) is 2. The third kappa shape index (κ3) is 1.05. The molecule has 1 aliphatic heterocycles. The molecule has 0 aromatic rings. The van der Waals surface area contributed by atoms with Gasteiger partial charge in [-0.2, -0.15) is 0 Å². The predicted octanol–water partition coefficient (Wildman–Crippen LogP) is 0.384. The van der Waals surface area contributed by atoms with E-state index in [2.05, 4.69) is 15.3 Å². The van der Waals surface area contributed by atoms with E-state index in [1.54, 1.807) is 0 Å². The summed E-state index contributed by atoms with van der Waals surface area (Å²) in [4.78, 5) is 8.00. The van der Waals surface area contributed by atoms with Crippen molar-refractivity contribution >= 4 is 11.7 Å². The highest BCUT2D eigenvalue weighted by molar-refractivity contribution is 5.99. The first kappa shape index (κ1) is 5.28. The van der Waals surface area contributed by atoms with Gasteiger partial charge in [0.25, 0.3) is 0 Å². The summed E-state index contributed by atoms with van der Waals surface area (Å²) >= 11 is 0. The number of aliphatic imine (C=N–C) groups is 2. The Morgan fingerprint density at radius 1 is 1.25 bits per heavy atom. The molecule has 1 N–H and O–H groups in total. The van der Waals surface area contributed by atoms with Crippen molar-refractivity contribution in [3.63, 3.8) is 0 Å². The Balaban J connectivity index is 2.57. The van der Waals surface area contributed by atoms with Crippen LogP contribution in [0.1, 0.15) is 13.8 Å². The number of rotatable bonds is 0. The molecule has 8 heavy (non-hydrogen) atoms. The molecule has 0 bridgehead atoms. The number of nitrogens with one attached hydrogen (secondary N) is 1. The molecule has 0 amide bonds. The zero-order chi connectivity index (χ0) is 5.98. The normalized spacial score (nSPS) is 18.8. The maximum Gasteiger partial charge on any atom is 0.133 e. The van der Waals surface area contributed by atoms with Crippen LogP contribution in [-0.2, 0) is 0 Å². The van der Waals surface area contributed by atoms with Crippen molar-refractivity contribution in [1.29, 1.82) is 0 Å². The van der Waals surface area contributed by atoms with Gasteiger partial charge in [0.05, 0.1) is 0 Å². The van der Waals surface area contributed by atoms with Gasteiger partial charge in [-0.05, 0) is 13.8 Å². The maximum absolute atomic E-state index is 4.00. The highest BCUT2D eigenvalue weighted by atomic mass is 15.1. The van der Waals surface area contributed by atoms with Crippen molar-refractivity contribution in [3.8, 4) is 0 Å². The monoisotopic (exact) mass is 111 g/mol. The zero-order valence-corrected chi connectivity index (χ0v) is 5.10. The van der Waals surface area contributed by atoms with Crippen LogP contribution in [0.25, 0.3) is 0 Å². The maximum atomic E-state index is 4.00. The van der Waals surface area contributed by atoms with Crippen LogP contribution in [0.2, 0.25) is 0 Å². The number of hydrogen-bond acceptors (Lipinski definition) is 3. The Morgan fingerprint density at radius 2 is 1.75 bits per heavy atom. The molecule has 0 radical (unpaired) electrons. The van der Waals surface area contributed by atoms with Gasteiger partial charge in [-0.3, -0.25) is 0 Å². The van der Waals surface area contributed by atoms with Crippen molar-refractivity contribution in [2.75, 3.05) is 6.67 Å². The van der Waals surface area contributed by atoms with Gasteiger partial charge in [0.15, 0.2) is 0 Å². The van der Waals surface area contributed by atoms with Crippen molar-refractivity contribution in [1.82, 2.24) is 5.32 Å². The molecule has 44 valence electrons. The van der Waals surface area contributed by atoms with Crippen molar-refractivity contribution in [2.45, 2.75) is 13.8 Å².